The van der Waals surface area contributed by atoms with Gasteiger partial charge in [-0.1, -0.05) is 0 Å². The van der Waals surface area contributed by atoms with E-state index in [1.165, 1.54) is 11.1 Å². The summed E-state index contributed by atoms with van der Waals surface area (Å²) < 4.78 is 16.7. The lowest BCUT2D eigenvalue weighted by molar-refractivity contribution is -0.690. The molecule has 3 rings (SSSR count). The Morgan fingerprint density at radius 3 is 2.40 bits per heavy atom. The van der Waals surface area contributed by atoms with Crippen molar-refractivity contribution >= 4 is 0 Å². The highest BCUT2D eigenvalue weighted by molar-refractivity contribution is 5.52. The molecule has 5 nitrogen and oxygen atoms in total. The lowest BCUT2D eigenvalue weighted by Gasteiger charge is -2.26. The van der Waals surface area contributed by atoms with Crippen molar-refractivity contribution in [1.82, 2.24) is 0 Å². The molecule has 2 aromatic rings. The fourth-order valence-corrected chi connectivity index (χ4v) is 3.41. The van der Waals surface area contributed by atoms with Crippen molar-refractivity contribution in [1.29, 1.82) is 0 Å². The molecule has 0 aliphatic carbocycles. The molecule has 1 heterocycles. The summed E-state index contributed by atoms with van der Waals surface area (Å²) >= 11 is 0. The second-order valence-corrected chi connectivity index (χ2v) is 6.05. The standard InChI is InChI=1S/C20H25NO4/c1-4-24-18-11-13-8-9-21-20(15(13)12-19(18)25-5-2)14-6-7-17(23-3)16(22)10-14/h6-7,10-12,20-22H,4-5,8-9H2,1-3H3/p+1/t20-/m0/s1. The van der Waals surface area contributed by atoms with Gasteiger partial charge in [-0.15, -0.1) is 0 Å². The second kappa shape index (κ2) is 7.66. The maximum Gasteiger partial charge on any atom is 0.161 e. The predicted molar refractivity (Wildman–Crippen MR) is 95.8 cm³/mol. The molecule has 134 valence electrons. The van der Waals surface area contributed by atoms with Crippen LogP contribution in [0.15, 0.2) is 30.3 Å². The van der Waals surface area contributed by atoms with Gasteiger partial charge in [-0.2, -0.15) is 0 Å². The average Bonchev–Trinajstić information content (AvgIpc) is 2.62. The van der Waals surface area contributed by atoms with Gasteiger partial charge < -0.3 is 24.6 Å². The van der Waals surface area contributed by atoms with E-state index < -0.39 is 0 Å². The van der Waals surface area contributed by atoms with Crippen LogP contribution >= 0.6 is 0 Å². The number of quaternary nitrogens is 1. The van der Waals surface area contributed by atoms with E-state index in [0.29, 0.717) is 19.0 Å². The zero-order valence-corrected chi connectivity index (χ0v) is 15.0. The minimum Gasteiger partial charge on any atom is -0.504 e. The number of fused-ring (bicyclic) bond motifs is 1. The molecule has 0 amide bonds. The number of aromatic hydroxyl groups is 1. The second-order valence-electron chi connectivity index (χ2n) is 6.05. The zero-order valence-electron chi connectivity index (χ0n) is 15.0. The number of phenols is 1. The van der Waals surface area contributed by atoms with Crippen LogP contribution in [0.2, 0.25) is 0 Å². The first-order valence-corrected chi connectivity index (χ1v) is 8.80. The number of hydrogen-bond donors (Lipinski definition) is 2. The van der Waals surface area contributed by atoms with Gasteiger partial charge in [0, 0.05) is 17.5 Å². The summed E-state index contributed by atoms with van der Waals surface area (Å²) in [5.41, 5.74) is 3.53. The number of hydrogen-bond acceptors (Lipinski definition) is 4. The molecule has 0 bridgehead atoms. The first-order chi connectivity index (χ1) is 12.2. The monoisotopic (exact) mass is 344 g/mol. The first kappa shape index (κ1) is 17.4. The van der Waals surface area contributed by atoms with E-state index in [2.05, 4.69) is 17.4 Å². The molecule has 3 N–H and O–H groups in total. The number of ether oxygens (including phenoxy) is 3. The van der Waals surface area contributed by atoms with E-state index in [-0.39, 0.29) is 11.8 Å². The Bertz CT molecular complexity index is 745. The molecule has 0 fully saturated rings. The maximum absolute atomic E-state index is 10.1. The topological polar surface area (TPSA) is 64.5 Å². The Morgan fingerprint density at radius 1 is 1.04 bits per heavy atom. The van der Waals surface area contributed by atoms with E-state index in [1.54, 1.807) is 13.2 Å². The molecule has 2 aromatic carbocycles. The highest BCUT2D eigenvalue weighted by atomic mass is 16.5. The third-order valence-electron chi connectivity index (χ3n) is 4.52. The quantitative estimate of drug-likeness (QED) is 0.845. The van der Waals surface area contributed by atoms with Gasteiger partial charge in [-0.25, -0.2) is 0 Å². The van der Waals surface area contributed by atoms with Gasteiger partial charge in [0.15, 0.2) is 23.0 Å². The van der Waals surface area contributed by atoms with Crippen molar-refractivity contribution < 1.29 is 24.6 Å². The molecule has 25 heavy (non-hydrogen) atoms. The molecule has 1 aliphatic heterocycles. The summed E-state index contributed by atoms with van der Waals surface area (Å²) in [5.74, 6) is 2.24. The molecular formula is C20H26NO4+. The van der Waals surface area contributed by atoms with E-state index in [1.807, 2.05) is 26.0 Å². The molecule has 1 aliphatic rings. The van der Waals surface area contributed by atoms with E-state index in [9.17, 15) is 5.11 Å². The minimum absolute atomic E-state index is 0.121. The fraction of sp³-hybridized carbons (Fsp3) is 0.400. The van der Waals surface area contributed by atoms with Gasteiger partial charge in [0.25, 0.3) is 0 Å². The van der Waals surface area contributed by atoms with Gasteiger partial charge in [0.05, 0.1) is 26.9 Å². The lowest BCUT2D eigenvalue weighted by atomic mass is 9.89. The van der Waals surface area contributed by atoms with Crippen LogP contribution in [0.3, 0.4) is 0 Å². The van der Waals surface area contributed by atoms with Crippen LogP contribution < -0.4 is 19.5 Å². The van der Waals surface area contributed by atoms with Gasteiger partial charge in [-0.05, 0) is 49.7 Å². The Kier molecular flexibility index (Phi) is 5.34. The van der Waals surface area contributed by atoms with Gasteiger partial charge in [0.2, 0.25) is 0 Å². The van der Waals surface area contributed by atoms with E-state index in [4.69, 9.17) is 14.2 Å². The van der Waals surface area contributed by atoms with Gasteiger partial charge in [0.1, 0.15) is 6.04 Å². The summed E-state index contributed by atoms with van der Waals surface area (Å²) in [5, 5.41) is 12.4. The summed E-state index contributed by atoms with van der Waals surface area (Å²) in [4.78, 5) is 0. The molecule has 0 saturated heterocycles. The average molecular weight is 344 g/mol. The molecular weight excluding hydrogens is 318 g/mol. The summed E-state index contributed by atoms with van der Waals surface area (Å²) in [6.07, 6.45) is 0.987. The molecule has 1 atom stereocenters. The molecule has 0 radical (unpaired) electrons. The molecule has 0 spiro atoms. The summed E-state index contributed by atoms with van der Waals surface area (Å²) in [6, 6.07) is 9.91. The summed E-state index contributed by atoms with van der Waals surface area (Å²) in [7, 11) is 1.56. The number of nitrogens with two attached hydrogens (primary N) is 1. The highest BCUT2D eigenvalue weighted by Crippen LogP contribution is 2.37. The van der Waals surface area contributed by atoms with Crippen LogP contribution in [0.4, 0.5) is 0 Å². The predicted octanol–water partition coefficient (Wildman–Crippen LogP) is 2.41. The van der Waals surface area contributed by atoms with Crippen molar-refractivity contribution in [2.45, 2.75) is 26.3 Å². The molecule has 0 saturated carbocycles. The smallest absolute Gasteiger partial charge is 0.161 e. The van der Waals surface area contributed by atoms with Crippen LogP contribution in [0, 0.1) is 0 Å². The zero-order chi connectivity index (χ0) is 17.8. The van der Waals surface area contributed by atoms with Gasteiger partial charge in [-0.3, -0.25) is 0 Å². The summed E-state index contributed by atoms with van der Waals surface area (Å²) in [6.45, 7) is 6.15. The third kappa shape index (κ3) is 3.51. The van der Waals surface area contributed by atoms with Crippen LogP contribution in [0.25, 0.3) is 0 Å². The lowest BCUT2D eigenvalue weighted by Crippen LogP contribution is -2.87. The number of benzene rings is 2. The number of rotatable bonds is 6. The van der Waals surface area contributed by atoms with Crippen molar-refractivity contribution in [3.8, 4) is 23.0 Å². The van der Waals surface area contributed by atoms with E-state index >= 15 is 0 Å². The molecule has 0 unspecified atom stereocenters. The third-order valence-corrected chi connectivity index (χ3v) is 4.52. The van der Waals surface area contributed by atoms with Crippen molar-refractivity contribution in [3.05, 3.63) is 47.0 Å². The Hall–Kier alpha value is -2.40. The molecule has 5 heteroatoms. The van der Waals surface area contributed by atoms with E-state index in [0.717, 1.165) is 30.0 Å². The van der Waals surface area contributed by atoms with Gasteiger partial charge >= 0.3 is 0 Å². The van der Waals surface area contributed by atoms with Crippen LogP contribution in [0.5, 0.6) is 23.0 Å². The van der Waals surface area contributed by atoms with Crippen molar-refractivity contribution in [2.75, 3.05) is 26.9 Å². The minimum atomic E-state index is 0.121. The van der Waals surface area contributed by atoms with Crippen molar-refractivity contribution in [3.63, 3.8) is 0 Å². The van der Waals surface area contributed by atoms with Crippen molar-refractivity contribution in [2.24, 2.45) is 0 Å². The fourth-order valence-electron chi connectivity index (χ4n) is 3.41. The molecule has 0 aromatic heterocycles. The Labute approximate surface area is 148 Å². The van der Waals surface area contributed by atoms with Crippen LogP contribution in [0.1, 0.15) is 36.6 Å². The highest BCUT2D eigenvalue weighted by Gasteiger charge is 2.28. The van der Waals surface area contributed by atoms with Crippen LogP contribution in [-0.2, 0) is 6.42 Å². The first-order valence-electron chi connectivity index (χ1n) is 8.80. The Morgan fingerprint density at radius 2 is 1.76 bits per heavy atom. The Balaban J connectivity index is 2.03. The largest absolute Gasteiger partial charge is 0.504 e. The van der Waals surface area contributed by atoms with Crippen LogP contribution in [-0.4, -0.2) is 32.0 Å². The normalized spacial score (nSPS) is 16.2. The number of methoxy groups -OCH3 is 1. The number of phenolic OH excluding ortho intramolecular Hbond substituents is 1. The maximum atomic E-state index is 10.1. The SMILES string of the molecule is CCOc1cc2c(cc1OCC)[C@H](c1ccc(OC)c(O)c1)[NH2+]CC2.